The highest BCUT2D eigenvalue weighted by molar-refractivity contribution is 9.10. The van der Waals surface area contributed by atoms with Crippen molar-refractivity contribution in [2.45, 2.75) is 62.7 Å². The van der Waals surface area contributed by atoms with E-state index in [0.717, 1.165) is 26.9 Å². The highest BCUT2D eigenvalue weighted by atomic mass is 79.9. The van der Waals surface area contributed by atoms with Gasteiger partial charge in [-0.2, -0.15) is 0 Å². The first kappa shape index (κ1) is 33.6. The fraction of sp³-hybridized carbons (Fsp3) is 0.389. The fourth-order valence-electron chi connectivity index (χ4n) is 7.98. The number of hydrogen-bond donors (Lipinski definition) is 1. The molecule has 2 amide bonds. The van der Waals surface area contributed by atoms with Gasteiger partial charge < -0.3 is 23.6 Å². The Hall–Kier alpha value is -3.91. The van der Waals surface area contributed by atoms with Gasteiger partial charge in [-0.3, -0.25) is 14.4 Å². The van der Waals surface area contributed by atoms with Crippen LogP contribution in [-0.2, 0) is 33.0 Å². The van der Waals surface area contributed by atoms with E-state index in [4.69, 9.17) is 9.47 Å². The summed E-state index contributed by atoms with van der Waals surface area (Å²) in [4.78, 5) is 30.3. The molecule has 0 bridgehead atoms. The zero-order chi connectivity index (χ0) is 34.5. The zero-order valence-electron chi connectivity index (χ0n) is 27.6. The third kappa shape index (κ3) is 6.00. The molecule has 0 aliphatic carbocycles. The third-order valence-electron chi connectivity index (χ3n) is 10.2. The van der Waals surface area contributed by atoms with Crippen LogP contribution in [0.1, 0.15) is 41.6 Å². The number of aryl methyl sites for hydroxylation is 1. The maximum Gasteiger partial charge on any atom is 0.414 e. The Kier molecular flexibility index (Phi) is 8.97. The van der Waals surface area contributed by atoms with Gasteiger partial charge in [0.05, 0.1) is 43.1 Å². The van der Waals surface area contributed by atoms with Crippen molar-refractivity contribution in [3.8, 4) is 0 Å². The van der Waals surface area contributed by atoms with Crippen LogP contribution in [0.15, 0.2) is 83.5 Å². The van der Waals surface area contributed by atoms with Crippen molar-refractivity contribution >= 4 is 47.7 Å². The van der Waals surface area contributed by atoms with E-state index in [0.29, 0.717) is 37.5 Å². The second kappa shape index (κ2) is 13.1. The van der Waals surface area contributed by atoms with E-state index in [2.05, 4.69) is 26.2 Å². The van der Waals surface area contributed by atoms with Gasteiger partial charge in [0.25, 0.3) is 5.91 Å². The second-order valence-electron chi connectivity index (χ2n) is 13.6. The average molecular weight is 749 g/mol. The lowest BCUT2D eigenvalue weighted by atomic mass is 9.82. The number of aromatic nitrogens is 3. The van der Waals surface area contributed by atoms with Crippen LogP contribution in [0.4, 0.5) is 20.3 Å². The van der Waals surface area contributed by atoms with Gasteiger partial charge in [0.2, 0.25) is 8.41 Å². The average Bonchev–Trinajstić information content (AvgIpc) is 3.84. The maximum absolute atomic E-state index is 16.4. The summed E-state index contributed by atoms with van der Waals surface area (Å²) in [5.74, 6) is -0.974. The summed E-state index contributed by atoms with van der Waals surface area (Å²) in [6.45, 7) is 6.68. The molecular weight excluding hydrogens is 709 g/mol. The maximum atomic E-state index is 16.4. The Bertz CT molecular complexity index is 1870. The Morgan fingerprint density at radius 2 is 1.90 bits per heavy atom. The van der Waals surface area contributed by atoms with Crippen LogP contribution in [-0.4, -0.2) is 66.4 Å². The van der Waals surface area contributed by atoms with Crippen molar-refractivity contribution in [1.82, 2.24) is 15.0 Å². The number of nitrogens with zero attached hydrogens (tertiary/aromatic N) is 5. The lowest BCUT2D eigenvalue weighted by Gasteiger charge is -2.31. The predicted octanol–water partition coefficient (Wildman–Crippen LogP) is 6.53. The van der Waals surface area contributed by atoms with E-state index in [9.17, 15) is 14.7 Å². The van der Waals surface area contributed by atoms with Gasteiger partial charge >= 0.3 is 6.09 Å². The Labute approximate surface area is 294 Å². The van der Waals surface area contributed by atoms with E-state index in [1.807, 2.05) is 85.9 Å². The molecule has 2 fully saturated rings. The highest BCUT2D eigenvalue weighted by Crippen LogP contribution is 2.60. The summed E-state index contributed by atoms with van der Waals surface area (Å²) in [7, 11) is -3.37. The number of benzene rings is 3. The number of fused-ring (bicyclic) bond motifs is 2. The van der Waals surface area contributed by atoms with Crippen molar-refractivity contribution in [1.29, 1.82) is 0 Å². The molecule has 10 nitrogen and oxygen atoms in total. The molecule has 4 heterocycles. The number of rotatable bonds is 10. The van der Waals surface area contributed by atoms with Gasteiger partial charge in [0.1, 0.15) is 6.61 Å². The Morgan fingerprint density at radius 1 is 1.10 bits per heavy atom. The SMILES string of the molecule is C[C@H]1[C@H]([Si](C)(C)F)[C@@H](CCn2cc(C(CO)c3ccccc3)nn2)O[C@]12C(=O)N(Cc1cccc(N3CCOC3=O)c1)c1ccc(Br)cc12. The summed E-state index contributed by atoms with van der Waals surface area (Å²) in [6, 6.07) is 22.9. The van der Waals surface area contributed by atoms with Gasteiger partial charge in [0.15, 0.2) is 5.60 Å². The number of halogens is 2. The van der Waals surface area contributed by atoms with Crippen LogP contribution in [0.2, 0.25) is 18.6 Å². The van der Waals surface area contributed by atoms with E-state index in [1.165, 1.54) is 0 Å². The first-order valence-electron chi connectivity index (χ1n) is 16.6. The van der Waals surface area contributed by atoms with Gasteiger partial charge in [-0.25, -0.2) is 4.79 Å². The molecule has 49 heavy (non-hydrogen) atoms. The summed E-state index contributed by atoms with van der Waals surface area (Å²) in [6.07, 6.45) is 1.31. The molecule has 1 N–H and O–H groups in total. The second-order valence-corrected chi connectivity index (χ2v) is 18.3. The van der Waals surface area contributed by atoms with Crippen molar-refractivity contribution < 1.29 is 28.3 Å². The summed E-state index contributed by atoms with van der Waals surface area (Å²) in [5.41, 5.74) is 2.74. The molecule has 1 spiro atoms. The van der Waals surface area contributed by atoms with Crippen molar-refractivity contribution in [2.24, 2.45) is 5.92 Å². The molecule has 5 atom stereocenters. The van der Waals surface area contributed by atoms with Gasteiger partial charge in [0, 0.05) is 39.9 Å². The molecular formula is C36H39BrFN5O5Si. The van der Waals surface area contributed by atoms with Crippen molar-refractivity contribution in [2.75, 3.05) is 29.6 Å². The Balaban J connectivity index is 1.17. The molecule has 0 radical (unpaired) electrons. The molecule has 256 valence electrons. The number of amides is 2. The number of carbonyl (C=O) groups is 2. The minimum absolute atomic E-state index is 0.110. The zero-order valence-corrected chi connectivity index (χ0v) is 30.2. The predicted molar refractivity (Wildman–Crippen MR) is 189 cm³/mol. The van der Waals surface area contributed by atoms with Crippen molar-refractivity contribution in [3.05, 3.63) is 106 Å². The number of aliphatic hydroxyl groups excluding tert-OH is 1. The van der Waals surface area contributed by atoms with E-state index in [1.54, 1.807) is 27.6 Å². The smallest absolute Gasteiger partial charge is 0.414 e. The normalized spacial score (nSPS) is 24.2. The number of ether oxygens (including phenoxy) is 2. The van der Waals surface area contributed by atoms with Gasteiger partial charge in [-0.1, -0.05) is 70.5 Å². The molecule has 1 unspecified atom stereocenters. The number of cyclic esters (lactones) is 1. The summed E-state index contributed by atoms with van der Waals surface area (Å²) in [5, 5.41) is 18.8. The van der Waals surface area contributed by atoms with Gasteiger partial charge in [-0.05, 0) is 61.0 Å². The standard InChI is InChI=1S/C36H39BrFN5O5Si/c1-23-33(49(2,3)38)32(14-15-41-21-30(39-40-41)28(22-44)25-9-5-4-6-10-25)48-36(23)29-19-26(37)12-13-31(29)43(34(36)45)20-24-8-7-11-27(18-24)42-16-17-47-35(42)46/h4-13,18-19,21,23,28,32-33,44H,14-17,20,22H2,1-3H3/t23-,28?,32+,33-,36+/m0/s1. The van der Waals surface area contributed by atoms with Crippen LogP contribution in [0.5, 0.6) is 0 Å². The number of carbonyl (C=O) groups excluding carboxylic acids is 2. The molecule has 4 aromatic rings. The molecule has 3 aliphatic rings. The first-order chi connectivity index (χ1) is 23.5. The van der Waals surface area contributed by atoms with Crippen LogP contribution in [0.25, 0.3) is 0 Å². The highest BCUT2D eigenvalue weighted by Gasteiger charge is 2.66. The largest absolute Gasteiger partial charge is 0.447 e. The van der Waals surface area contributed by atoms with Crippen LogP contribution in [0, 0.1) is 5.92 Å². The number of aliphatic hydroxyl groups is 1. The fourth-order valence-corrected chi connectivity index (χ4v) is 10.9. The Morgan fingerprint density at radius 3 is 2.61 bits per heavy atom. The van der Waals surface area contributed by atoms with E-state index < -0.39 is 37.7 Å². The van der Waals surface area contributed by atoms with Crippen LogP contribution < -0.4 is 9.80 Å². The molecule has 3 aliphatic heterocycles. The van der Waals surface area contributed by atoms with E-state index >= 15 is 4.11 Å². The third-order valence-corrected chi connectivity index (χ3v) is 13.1. The molecule has 2 saturated heterocycles. The van der Waals surface area contributed by atoms with Crippen molar-refractivity contribution in [3.63, 3.8) is 0 Å². The molecule has 7 rings (SSSR count). The minimum Gasteiger partial charge on any atom is -0.447 e. The number of anilines is 2. The molecule has 3 aromatic carbocycles. The first-order valence-corrected chi connectivity index (χ1v) is 20.3. The molecule has 1 aromatic heterocycles. The van der Waals surface area contributed by atoms with Gasteiger partial charge in [-0.15, -0.1) is 5.10 Å². The van der Waals surface area contributed by atoms with E-state index in [-0.39, 0.29) is 25.0 Å². The lowest BCUT2D eigenvalue weighted by Crippen LogP contribution is -2.45. The topological polar surface area (TPSA) is 110 Å². The number of hydrogen-bond acceptors (Lipinski definition) is 7. The molecule has 13 heteroatoms. The molecule has 0 saturated carbocycles. The minimum atomic E-state index is -3.37. The summed E-state index contributed by atoms with van der Waals surface area (Å²) < 4.78 is 30.9. The van der Waals surface area contributed by atoms with Crippen LogP contribution in [0.3, 0.4) is 0 Å². The monoisotopic (exact) mass is 747 g/mol. The summed E-state index contributed by atoms with van der Waals surface area (Å²) >= 11 is 3.61. The quantitative estimate of drug-likeness (QED) is 0.145. The van der Waals surface area contributed by atoms with Crippen LogP contribution >= 0.6 is 15.9 Å². The lowest BCUT2D eigenvalue weighted by molar-refractivity contribution is -0.146.